The van der Waals surface area contributed by atoms with Crippen LogP contribution in [0.1, 0.15) is 52.0 Å². The lowest BCUT2D eigenvalue weighted by Gasteiger charge is -2.38. The minimum absolute atomic E-state index is 0.0899. The third kappa shape index (κ3) is 2.99. The van der Waals surface area contributed by atoms with Crippen molar-refractivity contribution in [2.24, 2.45) is 16.3 Å². The Hall–Kier alpha value is -2.69. The Balaban J connectivity index is 1.94. The number of para-hydroxylation sites is 1. The van der Waals surface area contributed by atoms with E-state index < -0.39 is 5.92 Å². The average Bonchev–Trinajstić information content (AvgIpc) is 3.03. The highest BCUT2D eigenvalue weighted by molar-refractivity contribution is 6.09. The smallest absolute Gasteiger partial charge is 0.315 e. The van der Waals surface area contributed by atoms with Crippen LogP contribution in [0.25, 0.3) is 10.9 Å². The molecule has 2 aromatic rings. The van der Waals surface area contributed by atoms with E-state index in [2.05, 4.69) is 18.8 Å². The molecule has 0 bridgehead atoms. The minimum Gasteiger partial charge on any atom is -0.465 e. The number of hydrogen-bond donors (Lipinski definition) is 1. The molecule has 1 aliphatic heterocycles. The van der Waals surface area contributed by atoms with Gasteiger partial charge >= 0.3 is 5.97 Å². The van der Waals surface area contributed by atoms with Crippen molar-refractivity contribution in [3.63, 3.8) is 0 Å². The van der Waals surface area contributed by atoms with Crippen LogP contribution in [0.2, 0.25) is 0 Å². The number of allylic oxidation sites excluding steroid dienone is 2. The molecule has 0 radical (unpaired) electrons. The zero-order valence-corrected chi connectivity index (χ0v) is 16.8. The number of H-pyrrole nitrogens is 1. The number of aliphatic imine (C=N–C) groups is 1. The van der Waals surface area contributed by atoms with Crippen molar-refractivity contribution in [1.82, 2.24) is 4.98 Å². The second-order valence-electron chi connectivity index (χ2n) is 8.55. The monoisotopic (exact) mass is 378 g/mol. The van der Waals surface area contributed by atoms with Gasteiger partial charge in [-0.15, -0.1) is 0 Å². The molecule has 4 rings (SSSR count). The van der Waals surface area contributed by atoms with E-state index in [1.165, 1.54) is 0 Å². The lowest BCUT2D eigenvalue weighted by atomic mass is 9.67. The molecule has 1 aromatic carbocycles. The number of hydrogen-bond acceptors (Lipinski definition) is 4. The maximum atomic E-state index is 13.2. The van der Waals surface area contributed by atoms with E-state index >= 15 is 0 Å². The van der Waals surface area contributed by atoms with E-state index in [-0.39, 0.29) is 23.1 Å². The summed E-state index contributed by atoms with van der Waals surface area (Å²) in [6.45, 7) is 8.16. The predicted molar refractivity (Wildman–Crippen MR) is 109 cm³/mol. The van der Waals surface area contributed by atoms with Crippen LogP contribution < -0.4 is 0 Å². The minimum atomic E-state index is -0.580. The molecule has 0 spiro atoms. The topological polar surface area (TPSA) is 71.5 Å². The van der Waals surface area contributed by atoms with Crippen LogP contribution in [-0.4, -0.2) is 29.1 Å². The van der Waals surface area contributed by atoms with Crippen molar-refractivity contribution in [1.29, 1.82) is 0 Å². The largest absolute Gasteiger partial charge is 0.465 e. The first-order valence-corrected chi connectivity index (χ1v) is 9.86. The molecule has 1 N–H and O–H groups in total. The molecule has 28 heavy (non-hydrogen) atoms. The number of ketones is 1. The first-order valence-electron chi connectivity index (χ1n) is 9.86. The molecule has 2 heterocycles. The fourth-order valence-electron chi connectivity index (χ4n) is 4.67. The molecule has 2 atom stereocenters. The number of nitrogens with zero attached hydrogens (tertiary/aromatic N) is 1. The first kappa shape index (κ1) is 18.7. The lowest BCUT2D eigenvalue weighted by Crippen LogP contribution is -2.39. The molecule has 2 aliphatic rings. The quantitative estimate of drug-likeness (QED) is 0.797. The van der Waals surface area contributed by atoms with Gasteiger partial charge in [0, 0.05) is 46.4 Å². The number of fused-ring (bicyclic) bond motifs is 1. The van der Waals surface area contributed by atoms with Gasteiger partial charge in [-0.3, -0.25) is 14.6 Å². The molecule has 0 fully saturated rings. The van der Waals surface area contributed by atoms with Crippen LogP contribution in [0.4, 0.5) is 0 Å². The van der Waals surface area contributed by atoms with Gasteiger partial charge < -0.3 is 9.72 Å². The molecule has 0 saturated carbocycles. The van der Waals surface area contributed by atoms with Gasteiger partial charge in [0.2, 0.25) is 0 Å². The summed E-state index contributed by atoms with van der Waals surface area (Å²) in [5, 5.41) is 1.03. The number of carbonyl (C=O) groups excluding carboxylic acids is 2. The summed E-state index contributed by atoms with van der Waals surface area (Å²) >= 11 is 0. The fourth-order valence-corrected chi connectivity index (χ4v) is 4.67. The standard InChI is InChI=1S/C23H26N2O3/c1-5-28-22(27)19-13(2)25-17-10-23(3,4)11-18(26)21(17)20(19)15-12-24-16-9-7-6-8-14(15)16/h6-9,12,19-20,24H,5,10-11H2,1-4H3/t19?,20-/m1/s1. The van der Waals surface area contributed by atoms with Crippen molar-refractivity contribution in [2.45, 2.75) is 46.5 Å². The number of Topliss-reactive ketones (excluding diaryl/α,β-unsaturated/α-hetero) is 1. The van der Waals surface area contributed by atoms with Gasteiger partial charge in [-0.25, -0.2) is 0 Å². The molecule has 5 heteroatoms. The molecule has 146 valence electrons. The van der Waals surface area contributed by atoms with E-state index in [0.29, 0.717) is 18.6 Å². The van der Waals surface area contributed by atoms with Crippen molar-refractivity contribution >= 4 is 28.4 Å². The van der Waals surface area contributed by atoms with Crippen molar-refractivity contribution < 1.29 is 14.3 Å². The van der Waals surface area contributed by atoms with Crippen LogP contribution in [-0.2, 0) is 14.3 Å². The van der Waals surface area contributed by atoms with Crippen LogP contribution >= 0.6 is 0 Å². The molecular weight excluding hydrogens is 352 g/mol. The molecule has 1 aromatic heterocycles. The molecule has 0 saturated heterocycles. The summed E-state index contributed by atoms with van der Waals surface area (Å²) < 4.78 is 5.38. The van der Waals surface area contributed by atoms with Crippen molar-refractivity contribution in [2.75, 3.05) is 6.61 Å². The van der Waals surface area contributed by atoms with Gasteiger partial charge in [0.1, 0.15) is 5.92 Å². The Labute approximate surface area is 164 Å². The number of carbonyl (C=O) groups is 2. The number of benzene rings is 1. The first-order chi connectivity index (χ1) is 13.3. The summed E-state index contributed by atoms with van der Waals surface area (Å²) in [6, 6.07) is 7.98. The number of nitrogens with one attached hydrogen (secondary N) is 1. The Bertz CT molecular complexity index is 1030. The zero-order chi connectivity index (χ0) is 20.1. The second kappa shape index (κ2) is 6.73. The Morgan fingerprint density at radius 1 is 1.29 bits per heavy atom. The summed E-state index contributed by atoms with van der Waals surface area (Å²) in [5.74, 6) is -1.18. The second-order valence-corrected chi connectivity index (χ2v) is 8.55. The predicted octanol–water partition coefficient (Wildman–Crippen LogP) is 4.55. The summed E-state index contributed by atoms with van der Waals surface area (Å²) in [4.78, 5) is 34.2. The van der Waals surface area contributed by atoms with Gasteiger partial charge in [0.25, 0.3) is 0 Å². The fraction of sp³-hybridized carbons (Fsp3) is 0.435. The van der Waals surface area contributed by atoms with Gasteiger partial charge in [-0.1, -0.05) is 32.0 Å². The van der Waals surface area contributed by atoms with Crippen LogP contribution in [0.15, 0.2) is 46.7 Å². The highest BCUT2D eigenvalue weighted by Crippen LogP contribution is 2.49. The Morgan fingerprint density at radius 2 is 2.04 bits per heavy atom. The molecular formula is C23H26N2O3. The normalized spacial score (nSPS) is 24.1. The van der Waals surface area contributed by atoms with E-state index in [0.717, 1.165) is 34.3 Å². The highest BCUT2D eigenvalue weighted by atomic mass is 16.5. The Kier molecular flexibility index (Phi) is 4.48. The zero-order valence-electron chi connectivity index (χ0n) is 16.8. The number of aromatic amines is 1. The lowest BCUT2D eigenvalue weighted by molar-refractivity contribution is -0.146. The number of aromatic nitrogens is 1. The third-order valence-corrected chi connectivity index (χ3v) is 5.80. The van der Waals surface area contributed by atoms with Gasteiger partial charge in [-0.2, -0.15) is 0 Å². The molecule has 0 amide bonds. The molecule has 1 aliphatic carbocycles. The maximum absolute atomic E-state index is 13.2. The Morgan fingerprint density at radius 3 is 2.79 bits per heavy atom. The summed E-state index contributed by atoms with van der Waals surface area (Å²) in [6.07, 6.45) is 3.13. The molecule has 5 nitrogen and oxygen atoms in total. The summed E-state index contributed by atoms with van der Waals surface area (Å²) in [7, 11) is 0. The van der Waals surface area contributed by atoms with E-state index in [1.54, 1.807) is 6.92 Å². The van der Waals surface area contributed by atoms with Gasteiger partial charge in [-0.05, 0) is 37.3 Å². The SMILES string of the molecule is CCOC(=O)C1C(C)=NC2=C(C(=O)CC(C)(C)C2)[C@@H]1c1c[nH]c2ccccc12. The van der Waals surface area contributed by atoms with Crippen LogP contribution in [0.5, 0.6) is 0 Å². The van der Waals surface area contributed by atoms with E-state index in [1.807, 2.05) is 37.4 Å². The number of rotatable bonds is 3. The highest BCUT2D eigenvalue weighted by Gasteiger charge is 2.46. The van der Waals surface area contributed by atoms with Gasteiger partial charge in [0.05, 0.1) is 6.61 Å². The number of esters is 1. The van der Waals surface area contributed by atoms with E-state index in [9.17, 15) is 9.59 Å². The number of ether oxygens (including phenoxy) is 1. The van der Waals surface area contributed by atoms with Crippen molar-refractivity contribution in [3.05, 3.63) is 47.3 Å². The van der Waals surface area contributed by atoms with Crippen molar-refractivity contribution in [3.8, 4) is 0 Å². The third-order valence-electron chi connectivity index (χ3n) is 5.80. The van der Waals surface area contributed by atoms with Crippen LogP contribution in [0, 0.1) is 11.3 Å². The van der Waals surface area contributed by atoms with E-state index in [4.69, 9.17) is 9.73 Å². The molecule has 1 unspecified atom stereocenters. The average molecular weight is 378 g/mol. The summed E-state index contributed by atoms with van der Waals surface area (Å²) in [5.41, 5.74) is 4.07. The maximum Gasteiger partial charge on any atom is 0.315 e. The van der Waals surface area contributed by atoms with Gasteiger partial charge in [0.15, 0.2) is 5.78 Å². The van der Waals surface area contributed by atoms with Crippen LogP contribution in [0.3, 0.4) is 0 Å².